The fraction of sp³-hybridized carbons (Fsp3) is 0.750. The quantitative estimate of drug-likeness (QED) is 0.717. The number of amides is 1. The molecule has 0 saturated carbocycles. The van der Waals surface area contributed by atoms with Crippen LogP contribution in [0.25, 0.3) is 0 Å². The number of morpholine rings is 1. The molecule has 2 aliphatic heterocycles. The molecule has 0 radical (unpaired) electrons. The number of hydrogen-bond donors (Lipinski definition) is 0. The topological polar surface area (TPSA) is 63.5 Å². The largest absolute Gasteiger partial charge is 0.369 e. The Morgan fingerprint density at radius 1 is 1.37 bits per heavy atom. The van der Waals surface area contributed by atoms with E-state index in [1.807, 2.05) is 0 Å². The normalized spacial score (nSPS) is 22.8. The maximum atomic E-state index is 12.0. The minimum atomic E-state index is -0.182. The molecule has 0 N–H and O–H groups in total. The highest BCUT2D eigenvalue weighted by atomic mass is 16.5. The summed E-state index contributed by atoms with van der Waals surface area (Å²) in [5.41, 5.74) is -0.182. The van der Waals surface area contributed by atoms with Gasteiger partial charge in [-0.3, -0.25) is 4.90 Å². The first-order valence-electron chi connectivity index (χ1n) is 6.62. The van der Waals surface area contributed by atoms with Gasteiger partial charge in [-0.2, -0.15) is 9.78 Å². The van der Waals surface area contributed by atoms with Crippen LogP contribution in [0.5, 0.6) is 0 Å². The lowest BCUT2D eigenvalue weighted by Gasteiger charge is -2.54. The number of carbonyl (C=O) groups excluding carboxylic acids is 1. The standard InChI is InChI=1S/C12H19N5O2/c1-10(2)15-3-4-19-12(5-15)6-16(7-12)11(18)17-9-13-8-14-17/h8-10H,3-7H2,1-2H3. The Morgan fingerprint density at radius 2 is 2.16 bits per heavy atom. The van der Waals surface area contributed by atoms with Gasteiger partial charge in [-0.25, -0.2) is 9.78 Å². The Balaban J connectivity index is 1.61. The number of aromatic nitrogens is 3. The smallest absolute Gasteiger partial charge is 0.346 e. The van der Waals surface area contributed by atoms with Gasteiger partial charge in [0.1, 0.15) is 18.3 Å². The van der Waals surface area contributed by atoms with Crippen LogP contribution < -0.4 is 0 Å². The van der Waals surface area contributed by atoms with Crippen molar-refractivity contribution < 1.29 is 9.53 Å². The first-order valence-corrected chi connectivity index (χ1v) is 6.62. The second-order valence-corrected chi connectivity index (χ2v) is 5.57. The lowest BCUT2D eigenvalue weighted by atomic mass is 9.91. The zero-order valence-corrected chi connectivity index (χ0v) is 11.3. The molecule has 2 fully saturated rings. The monoisotopic (exact) mass is 265 g/mol. The molecule has 3 rings (SSSR count). The Kier molecular flexibility index (Phi) is 3.02. The van der Waals surface area contributed by atoms with Gasteiger partial charge in [0.05, 0.1) is 19.7 Å². The van der Waals surface area contributed by atoms with E-state index in [4.69, 9.17) is 4.74 Å². The van der Waals surface area contributed by atoms with Crippen LogP contribution in [0, 0.1) is 0 Å². The van der Waals surface area contributed by atoms with Gasteiger partial charge in [-0.05, 0) is 13.8 Å². The summed E-state index contributed by atoms with van der Waals surface area (Å²) >= 11 is 0. The average Bonchev–Trinajstić information content (AvgIpc) is 2.89. The highest BCUT2D eigenvalue weighted by Crippen LogP contribution is 2.30. The third kappa shape index (κ3) is 2.23. The van der Waals surface area contributed by atoms with Crippen LogP contribution in [0.2, 0.25) is 0 Å². The molecule has 0 aliphatic carbocycles. The van der Waals surface area contributed by atoms with Gasteiger partial charge in [-0.15, -0.1) is 0 Å². The molecule has 7 nitrogen and oxygen atoms in total. The van der Waals surface area contributed by atoms with Crippen molar-refractivity contribution in [3.63, 3.8) is 0 Å². The molecule has 0 atom stereocenters. The van der Waals surface area contributed by atoms with E-state index in [-0.39, 0.29) is 11.6 Å². The molecule has 7 heteroatoms. The maximum absolute atomic E-state index is 12.0. The summed E-state index contributed by atoms with van der Waals surface area (Å²) in [5.74, 6) is 0. The number of carbonyl (C=O) groups is 1. The van der Waals surface area contributed by atoms with Crippen molar-refractivity contribution in [3.8, 4) is 0 Å². The Labute approximate surface area is 112 Å². The summed E-state index contributed by atoms with van der Waals surface area (Å²) in [7, 11) is 0. The molecule has 1 aromatic rings. The van der Waals surface area contributed by atoms with E-state index in [1.54, 1.807) is 4.90 Å². The van der Waals surface area contributed by atoms with E-state index >= 15 is 0 Å². The van der Waals surface area contributed by atoms with Gasteiger partial charge in [0.2, 0.25) is 0 Å². The summed E-state index contributed by atoms with van der Waals surface area (Å²) in [6.07, 6.45) is 2.79. The van der Waals surface area contributed by atoms with Gasteiger partial charge in [0, 0.05) is 19.1 Å². The van der Waals surface area contributed by atoms with E-state index in [9.17, 15) is 4.79 Å². The van der Waals surface area contributed by atoms with Crippen LogP contribution in [0.3, 0.4) is 0 Å². The predicted molar refractivity (Wildman–Crippen MR) is 67.8 cm³/mol. The van der Waals surface area contributed by atoms with E-state index in [2.05, 4.69) is 28.8 Å². The molecule has 19 heavy (non-hydrogen) atoms. The van der Waals surface area contributed by atoms with Crippen molar-refractivity contribution >= 4 is 6.03 Å². The molecule has 2 saturated heterocycles. The highest BCUT2D eigenvalue weighted by molar-refractivity contribution is 5.76. The van der Waals surface area contributed by atoms with Gasteiger partial charge in [0.25, 0.3) is 0 Å². The number of nitrogens with zero attached hydrogens (tertiary/aromatic N) is 5. The van der Waals surface area contributed by atoms with Crippen LogP contribution in [0.4, 0.5) is 4.79 Å². The summed E-state index contributed by atoms with van der Waals surface area (Å²) in [6, 6.07) is 0.384. The SMILES string of the molecule is CC(C)N1CCOC2(CN(C(=O)n3cncn3)C2)C1. The molecule has 3 heterocycles. The number of likely N-dealkylation sites (tertiary alicyclic amines) is 1. The van der Waals surface area contributed by atoms with Crippen molar-refractivity contribution in [1.29, 1.82) is 0 Å². The highest BCUT2D eigenvalue weighted by Gasteiger charge is 2.49. The third-order valence-electron chi connectivity index (χ3n) is 3.85. The van der Waals surface area contributed by atoms with Crippen LogP contribution in [-0.4, -0.2) is 75.0 Å². The summed E-state index contributed by atoms with van der Waals surface area (Å²) in [5, 5.41) is 3.86. The van der Waals surface area contributed by atoms with Gasteiger partial charge >= 0.3 is 6.03 Å². The fourth-order valence-electron chi connectivity index (χ4n) is 2.74. The zero-order chi connectivity index (χ0) is 13.5. The van der Waals surface area contributed by atoms with Crippen molar-refractivity contribution in [1.82, 2.24) is 24.6 Å². The third-order valence-corrected chi connectivity index (χ3v) is 3.85. The first kappa shape index (κ1) is 12.6. The zero-order valence-electron chi connectivity index (χ0n) is 11.3. The van der Waals surface area contributed by atoms with Crippen molar-refractivity contribution in [2.45, 2.75) is 25.5 Å². The van der Waals surface area contributed by atoms with Gasteiger partial charge < -0.3 is 9.64 Å². The molecule has 1 spiro atoms. The fourth-order valence-corrected chi connectivity index (χ4v) is 2.74. The Bertz CT molecular complexity index is 453. The summed E-state index contributed by atoms with van der Waals surface area (Å²) in [6.45, 7) is 8.25. The Hall–Kier alpha value is -1.47. The molecule has 0 aromatic carbocycles. The van der Waals surface area contributed by atoms with E-state index in [0.717, 1.165) is 19.7 Å². The van der Waals surface area contributed by atoms with Crippen molar-refractivity contribution in [2.24, 2.45) is 0 Å². The van der Waals surface area contributed by atoms with Crippen LogP contribution in [0.15, 0.2) is 12.7 Å². The van der Waals surface area contributed by atoms with Gasteiger partial charge in [-0.1, -0.05) is 0 Å². The molecule has 1 amide bonds. The molecule has 0 bridgehead atoms. The van der Waals surface area contributed by atoms with Crippen LogP contribution >= 0.6 is 0 Å². The summed E-state index contributed by atoms with van der Waals surface area (Å²) < 4.78 is 7.16. The number of hydrogen-bond acceptors (Lipinski definition) is 5. The van der Waals surface area contributed by atoms with E-state index in [0.29, 0.717) is 19.1 Å². The summed E-state index contributed by atoms with van der Waals surface area (Å²) in [4.78, 5) is 20.0. The lowest BCUT2D eigenvalue weighted by molar-refractivity contribution is -0.175. The minimum absolute atomic E-state index is 0.131. The lowest BCUT2D eigenvalue weighted by Crippen LogP contribution is -2.72. The Morgan fingerprint density at radius 3 is 2.79 bits per heavy atom. The van der Waals surface area contributed by atoms with Crippen molar-refractivity contribution in [3.05, 3.63) is 12.7 Å². The molecular formula is C12H19N5O2. The van der Waals surface area contributed by atoms with E-state index < -0.39 is 0 Å². The molecule has 104 valence electrons. The van der Waals surface area contributed by atoms with E-state index in [1.165, 1.54) is 17.3 Å². The second-order valence-electron chi connectivity index (χ2n) is 5.57. The number of rotatable bonds is 1. The van der Waals surface area contributed by atoms with Crippen LogP contribution in [0.1, 0.15) is 13.8 Å². The molecule has 0 unspecified atom stereocenters. The first-order chi connectivity index (χ1) is 9.10. The molecular weight excluding hydrogens is 246 g/mol. The van der Waals surface area contributed by atoms with Crippen LogP contribution in [-0.2, 0) is 4.74 Å². The molecule has 1 aromatic heterocycles. The number of ether oxygens (including phenoxy) is 1. The maximum Gasteiger partial charge on any atom is 0.346 e. The molecule has 2 aliphatic rings. The average molecular weight is 265 g/mol. The second kappa shape index (κ2) is 4.57. The van der Waals surface area contributed by atoms with Gasteiger partial charge in [0.15, 0.2) is 0 Å². The minimum Gasteiger partial charge on any atom is -0.369 e. The van der Waals surface area contributed by atoms with Crippen molar-refractivity contribution in [2.75, 3.05) is 32.8 Å². The predicted octanol–water partition coefficient (Wildman–Crippen LogP) is 0.0412.